The highest BCUT2D eigenvalue weighted by atomic mass is 32.2. The van der Waals surface area contributed by atoms with Crippen molar-refractivity contribution in [3.63, 3.8) is 0 Å². The summed E-state index contributed by atoms with van der Waals surface area (Å²) in [6.45, 7) is 11.7. The van der Waals surface area contributed by atoms with E-state index < -0.39 is 11.3 Å². The van der Waals surface area contributed by atoms with Gasteiger partial charge in [-0.2, -0.15) is 15.8 Å². The SMILES string of the molecule is CC(C)(C)C(=O)CC(C#N)C#N.CSc1[nH]c(C(C)(C)C)cc1C#N. The van der Waals surface area contributed by atoms with Crippen molar-refractivity contribution in [2.24, 2.45) is 11.3 Å². The largest absolute Gasteiger partial charge is 0.352 e. The van der Waals surface area contributed by atoms with Crippen LogP contribution in [0.2, 0.25) is 0 Å². The number of Topliss-reactive ketones (excluding diaryl/α,β-unsaturated/α-hetero) is 1. The number of thioether (sulfide) groups is 1. The number of carbonyl (C=O) groups excluding carboxylic acids is 1. The van der Waals surface area contributed by atoms with E-state index in [2.05, 4.69) is 31.8 Å². The standard InChI is InChI=1S/C10H14N2S.C9H12N2O/c1-10(2,3)8-5-7(6-11)9(12-8)13-4;1-9(2,3)8(12)4-7(5-10)6-11/h5,12H,1-4H3;7H,4H2,1-3H3. The molecule has 0 aliphatic carbocycles. The number of H-pyrrole nitrogens is 1. The molecule has 0 bridgehead atoms. The maximum absolute atomic E-state index is 11.3. The van der Waals surface area contributed by atoms with Gasteiger partial charge in [-0.25, -0.2) is 0 Å². The number of hydrogen-bond acceptors (Lipinski definition) is 5. The Bertz CT molecular complexity index is 701. The first-order valence-corrected chi connectivity index (χ1v) is 9.13. The summed E-state index contributed by atoms with van der Waals surface area (Å²) in [4.78, 5) is 14.6. The smallest absolute Gasteiger partial charge is 0.140 e. The first kappa shape index (κ1) is 22.8. The molecule has 1 aromatic heterocycles. The Morgan fingerprint density at radius 3 is 1.96 bits per heavy atom. The Balaban J connectivity index is 0.000000463. The van der Waals surface area contributed by atoms with E-state index in [0.29, 0.717) is 0 Å². The minimum absolute atomic E-state index is 0.0382. The molecule has 1 rings (SSSR count). The molecule has 1 N–H and O–H groups in total. The number of nitrogens with zero attached hydrogens (tertiary/aromatic N) is 3. The van der Waals surface area contributed by atoms with Gasteiger partial charge in [-0.3, -0.25) is 4.79 Å². The summed E-state index contributed by atoms with van der Waals surface area (Å²) >= 11 is 1.58. The summed E-state index contributed by atoms with van der Waals surface area (Å²) in [7, 11) is 0. The van der Waals surface area contributed by atoms with Crippen LogP contribution in [0.5, 0.6) is 0 Å². The molecular formula is C19H26N4OS. The average molecular weight is 359 g/mol. The van der Waals surface area contributed by atoms with Gasteiger partial charge in [0.1, 0.15) is 17.8 Å². The Morgan fingerprint density at radius 1 is 1.16 bits per heavy atom. The quantitative estimate of drug-likeness (QED) is 0.797. The molecule has 0 amide bonds. The number of aromatic amines is 1. The molecule has 5 nitrogen and oxygen atoms in total. The second kappa shape index (κ2) is 9.30. The van der Waals surface area contributed by atoms with Crippen LogP contribution in [0.1, 0.15) is 59.2 Å². The molecule has 0 unspecified atom stereocenters. The number of carbonyl (C=O) groups is 1. The van der Waals surface area contributed by atoms with Crippen molar-refractivity contribution >= 4 is 17.5 Å². The van der Waals surface area contributed by atoms with Gasteiger partial charge >= 0.3 is 0 Å². The second-order valence-electron chi connectivity index (χ2n) is 7.68. The van der Waals surface area contributed by atoms with Crippen LogP contribution in [0, 0.1) is 45.3 Å². The Hall–Kier alpha value is -2.23. The fourth-order valence-corrected chi connectivity index (χ4v) is 2.23. The maximum Gasteiger partial charge on any atom is 0.140 e. The highest BCUT2D eigenvalue weighted by Gasteiger charge is 2.24. The van der Waals surface area contributed by atoms with Crippen molar-refractivity contribution in [1.29, 1.82) is 15.8 Å². The topological polar surface area (TPSA) is 104 Å². The maximum atomic E-state index is 11.3. The van der Waals surface area contributed by atoms with E-state index in [1.807, 2.05) is 12.3 Å². The van der Waals surface area contributed by atoms with Crippen LogP contribution < -0.4 is 0 Å². The van der Waals surface area contributed by atoms with Gasteiger partial charge in [0.2, 0.25) is 0 Å². The minimum atomic E-state index is -0.795. The van der Waals surface area contributed by atoms with Crippen molar-refractivity contribution in [2.75, 3.05) is 6.26 Å². The van der Waals surface area contributed by atoms with Crippen molar-refractivity contribution in [3.05, 3.63) is 17.3 Å². The number of rotatable bonds is 3. The summed E-state index contributed by atoms with van der Waals surface area (Å²) in [6, 6.07) is 7.67. The summed E-state index contributed by atoms with van der Waals surface area (Å²) in [5.41, 5.74) is 1.50. The van der Waals surface area contributed by atoms with Crippen LogP contribution in [0.3, 0.4) is 0 Å². The zero-order valence-corrected chi connectivity index (χ0v) is 16.8. The third-order valence-corrected chi connectivity index (χ3v) is 4.18. The Kier molecular flexibility index (Phi) is 8.47. The van der Waals surface area contributed by atoms with Gasteiger partial charge in [0.25, 0.3) is 0 Å². The molecule has 0 radical (unpaired) electrons. The molecule has 1 heterocycles. The van der Waals surface area contributed by atoms with Crippen molar-refractivity contribution in [2.45, 2.75) is 58.4 Å². The second-order valence-corrected chi connectivity index (χ2v) is 8.50. The van der Waals surface area contributed by atoms with Gasteiger partial charge in [-0.15, -0.1) is 11.8 Å². The minimum Gasteiger partial charge on any atom is -0.352 e. The average Bonchev–Trinajstić information content (AvgIpc) is 2.95. The van der Waals surface area contributed by atoms with Gasteiger partial charge in [-0.1, -0.05) is 41.5 Å². The van der Waals surface area contributed by atoms with Gasteiger partial charge in [-0.05, 0) is 12.3 Å². The van der Waals surface area contributed by atoms with E-state index in [1.165, 1.54) is 0 Å². The van der Waals surface area contributed by atoms with E-state index in [-0.39, 0.29) is 17.6 Å². The number of aromatic nitrogens is 1. The lowest BCUT2D eigenvalue weighted by atomic mass is 9.86. The van der Waals surface area contributed by atoms with E-state index in [0.717, 1.165) is 16.3 Å². The zero-order valence-electron chi connectivity index (χ0n) is 16.0. The first-order chi connectivity index (χ1) is 11.4. The van der Waals surface area contributed by atoms with E-state index in [4.69, 9.17) is 15.8 Å². The lowest BCUT2D eigenvalue weighted by Gasteiger charge is -2.15. The molecule has 0 aliphatic heterocycles. The Labute approximate surface area is 155 Å². The van der Waals surface area contributed by atoms with Crippen molar-refractivity contribution in [1.82, 2.24) is 4.98 Å². The highest BCUT2D eigenvalue weighted by molar-refractivity contribution is 7.98. The molecule has 0 saturated carbocycles. The first-order valence-electron chi connectivity index (χ1n) is 7.90. The van der Waals surface area contributed by atoms with Gasteiger partial charge in [0.15, 0.2) is 0 Å². The van der Waals surface area contributed by atoms with Crippen molar-refractivity contribution < 1.29 is 4.79 Å². The van der Waals surface area contributed by atoms with Crippen LogP contribution in [-0.2, 0) is 10.2 Å². The summed E-state index contributed by atoms with van der Waals surface area (Å²) in [5.74, 6) is -0.840. The molecule has 134 valence electrons. The number of hydrogen-bond donors (Lipinski definition) is 1. The lowest BCUT2D eigenvalue weighted by Crippen LogP contribution is -2.22. The summed E-state index contributed by atoms with van der Waals surface area (Å²) < 4.78 is 0. The number of nitrogens with one attached hydrogen (secondary N) is 1. The van der Waals surface area contributed by atoms with E-state index >= 15 is 0 Å². The van der Waals surface area contributed by atoms with Gasteiger partial charge in [0, 0.05) is 22.9 Å². The summed E-state index contributed by atoms with van der Waals surface area (Å²) in [6.07, 6.45) is 2.01. The van der Waals surface area contributed by atoms with Crippen LogP contribution in [0.25, 0.3) is 0 Å². The number of ketones is 1. The van der Waals surface area contributed by atoms with Crippen LogP contribution in [-0.4, -0.2) is 17.0 Å². The van der Waals surface area contributed by atoms with E-state index in [1.54, 1.807) is 44.7 Å². The monoisotopic (exact) mass is 358 g/mol. The van der Waals surface area contributed by atoms with Crippen LogP contribution in [0.15, 0.2) is 11.1 Å². The number of nitriles is 3. The molecule has 0 saturated heterocycles. The molecule has 1 aromatic rings. The molecule has 0 fully saturated rings. The van der Waals surface area contributed by atoms with Crippen LogP contribution >= 0.6 is 11.8 Å². The van der Waals surface area contributed by atoms with E-state index in [9.17, 15) is 4.79 Å². The van der Waals surface area contributed by atoms with Crippen LogP contribution in [0.4, 0.5) is 0 Å². The molecule has 0 spiro atoms. The van der Waals surface area contributed by atoms with Crippen molar-refractivity contribution in [3.8, 4) is 18.2 Å². The predicted octanol–water partition coefficient (Wildman–Crippen LogP) is 4.56. The Morgan fingerprint density at radius 2 is 1.68 bits per heavy atom. The molecular weight excluding hydrogens is 332 g/mol. The fourth-order valence-electron chi connectivity index (χ4n) is 1.70. The molecule has 25 heavy (non-hydrogen) atoms. The van der Waals surface area contributed by atoms with Gasteiger partial charge < -0.3 is 4.98 Å². The fraction of sp³-hybridized carbons (Fsp3) is 0.579. The highest BCUT2D eigenvalue weighted by Crippen LogP contribution is 2.27. The molecule has 0 atom stereocenters. The zero-order chi connectivity index (χ0) is 19.8. The summed E-state index contributed by atoms with van der Waals surface area (Å²) in [5, 5.41) is 26.6. The normalized spacial score (nSPS) is 10.9. The predicted molar refractivity (Wildman–Crippen MR) is 99.8 cm³/mol. The van der Waals surface area contributed by atoms with Gasteiger partial charge in [0.05, 0.1) is 22.7 Å². The molecule has 0 aromatic carbocycles. The molecule has 0 aliphatic rings. The lowest BCUT2D eigenvalue weighted by molar-refractivity contribution is -0.126. The third-order valence-electron chi connectivity index (χ3n) is 3.45. The molecule has 6 heteroatoms. The third kappa shape index (κ3) is 7.46.